The quantitative estimate of drug-likeness (QED) is 0.564. The molecular formula is C17H13F3N6OS. The maximum Gasteiger partial charge on any atom is 0.416 e. The second-order valence-electron chi connectivity index (χ2n) is 5.93. The van der Waals surface area contributed by atoms with Crippen molar-refractivity contribution in [2.75, 3.05) is 4.72 Å². The molecule has 4 rings (SSSR count). The third-order valence-corrected chi connectivity index (χ3v) is 5.10. The average molecular weight is 406 g/mol. The van der Waals surface area contributed by atoms with Gasteiger partial charge in [0, 0.05) is 24.3 Å². The molecule has 0 spiro atoms. The van der Waals surface area contributed by atoms with Gasteiger partial charge < -0.3 is 4.72 Å². The zero-order valence-corrected chi connectivity index (χ0v) is 15.2. The summed E-state index contributed by atoms with van der Waals surface area (Å²) in [6, 6.07) is 7.17. The third-order valence-electron chi connectivity index (χ3n) is 4.04. The van der Waals surface area contributed by atoms with E-state index >= 15 is 0 Å². The minimum atomic E-state index is -4.48. The van der Waals surface area contributed by atoms with E-state index in [2.05, 4.69) is 19.9 Å². The molecule has 0 aliphatic heterocycles. The summed E-state index contributed by atoms with van der Waals surface area (Å²) in [5.74, 6) is -0.0191. The second kappa shape index (κ2) is 6.75. The van der Waals surface area contributed by atoms with Gasteiger partial charge in [-0.05, 0) is 30.3 Å². The first kappa shape index (κ1) is 18.2. The number of aromatic nitrogens is 5. The normalized spacial score (nSPS) is 13.0. The molecule has 4 aromatic rings. The fraction of sp³-hybridized carbons (Fsp3) is 0.118. The molecule has 1 unspecified atom stereocenters. The number of nitrogens with zero attached hydrogens (tertiary/aromatic N) is 5. The van der Waals surface area contributed by atoms with Gasteiger partial charge in [0.1, 0.15) is 0 Å². The maximum atomic E-state index is 12.9. The summed E-state index contributed by atoms with van der Waals surface area (Å²) in [7, 11) is 0.141. The lowest BCUT2D eigenvalue weighted by molar-refractivity contribution is -0.137. The van der Waals surface area contributed by atoms with Crippen molar-refractivity contribution in [2.45, 2.75) is 11.1 Å². The number of anilines is 1. The highest BCUT2D eigenvalue weighted by Gasteiger charge is 2.31. The molecule has 0 saturated heterocycles. The number of fused-ring (bicyclic) bond motifs is 1. The first-order valence-corrected chi connectivity index (χ1v) is 9.15. The van der Waals surface area contributed by atoms with E-state index in [4.69, 9.17) is 0 Å². The van der Waals surface area contributed by atoms with Crippen LogP contribution in [0.1, 0.15) is 5.56 Å². The summed E-state index contributed by atoms with van der Waals surface area (Å²) in [6.45, 7) is 0. The topological polar surface area (TPSA) is 77.6 Å². The van der Waals surface area contributed by atoms with Crippen LogP contribution in [0, 0.1) is 0 Å². The van der Waals surface area contributed by atoms with Crippen LogP contribution in [-0.2, 0) is 24.2 Å². The van der Waals surface area contributed by atoms with E-state index in [1.165, 1.54) is 12.4 Å². The molecule has 0 fully saturated rings. The number of rotatable bonds is 4. The highest BCUT2D eigenvalue weighted by Crippen LogP contribution is 2.29. The van der Waals surface area contributed by atoms with Crippen LogP contribution in [0.25, 0.3) is 16.7 Å². The van der Waals surface area contributed by atoms with Crippen molar-refractivity contribution in [1.82, 2.24) is 24.5 Å². The van der Waals surface area contributed by atoms with E-state index in [-0.39, 0.29) is 5.82 Å². The molecule has 144 valence electrons. The lowest BCUT2D eigenvalue weighted by Crippen LogP contribution is -2.07. The number of aryl methyl sites for hydroxylation is 1. The lowest BCUT2D eigenvalue weighted by Gasteiger charge is -2.07. The van der Waals surface area contributed by atoms with E-state index in [9.17, 15) is 17.4 Å². The number of benzene rings is 1. The third kappa shape index (κ3) is 3.48. The van der Waals surface area contributed by atoms with Crippen LogP contribution in [-0.4, -0.2) is 28.8 Å². The standard InChI is InChI=1S/C17H13F3N6OS/c1-25-15-7-13(3-2-11(15)8-22-25)24-28(27)14-9-23-26(10-14)16-6-12(4-5-21-16)17(18,19)20/h2-10,24H,1H3. The summed E-state index contributed by atoms with van der Waals surface area (Å²) < 4.78 is 56.8. The van der Waals surface area contributed by atoms with Crippen LogP contribution >= 0.6 is 0 Å². The largest absolute Gasteiger partial charge is 0.416 e. The number of nitrogens with one attached hydrogen (secondary N) is 1. The van der Waals surface area contributed by atoms with Crippen LogP contribution in [0.15, 0.2) is 60.0 Å². The number of alkyl halides is 3. The molecule has 0 radical (unpaired) electrons. The predicted molar refractivity (Wildman–Crippen MR) is 97.1 cm³/mol. The zero-order valence-electron chi connectivity index (χ0n) is 14.4. The summed E-state index contributed by atoms with van der Waals surface area (Å²) in [4.78, 5) is 4.18. The van der Waals surface area contributed by atoms with Crippen LogP contribution < -0.4 is 4.72 Å². The monoisotopic (exact) mass is 406 g/mol. The average Bonchev–Trinajstić information content (AvgIpc) is 3.29. The molecule has 0 aliphatic rings. The Kier molecular flexibility index (Phi) is 4.38. The number of pyridine rings is 1. The molecule has 28 heavy (non-hydrogen) atoms. The van der Waals surface area contributed by atoms with Crippen molar-refractivity contribution >= 4 is 27.6 Å². The van der Waals surface area contributed by atoms with Gasteiger partial charge in [-0.15, -0.1) is 0 Å². The van der Waals surface area contributed by atoms with Crippen LogP contribution in [0.4, 0.5) is 18.9 Å². The predicted octanol–water partition coefficient (Wildman–Crippen LogP) is 3.31. The van der Waals surface area contributed by atoms with Gasteiger partial charge in [-0.2, -0.15) is 23.4 Å². The highest BCUT2D eigenvalue weighted by atomic mass is 32.2. The molecule has 1 aromatic carbocycles. The minimum Gasteiger partial charge on any atom is -0.301 e. The van der Waals surface area contributed by atoms with Crippen LogP contribution in [0.3, 0.4) is 0 Å². The molecule has 0 saturated carbocycles. The van der Waals surface area contributed by atoms with E-state index < -0.39 is 22.7 Å². The Bertz CT molecular complexity index is 1180. The first-order valence-electron chi connectivity index (χ1n) is 8.00. The summed E-state index contributed by atoms with van der Waals surface area (Å²) >= 11 is 0. The number of hydrogen-bond donors (Lipinski definition) is 1. The van der Waals surface area contributed by atoms with E-state index in [1.54, 1.807) is 30.1 Å². The highest BCUT2D eigenvalue weighted by molar-refractivity contribution is 7.86. The van der Waals surface area contributed by atoms with Gasteiger partial charge >= 0.3 is 6.18 Å². The maximum absolute atomic E-state index is 12.9. The Morgan fingerprint density at radius 2 is 1.93 bits per heavy atom. The van der Waals surface area contributed by atoms with Gasteiger partial charge in [0.15, 0.2) is 16.8 Å². The first-order chi connectivity index (χ1) is 13.3. The van der Waals surface area contributed by atoms with Gasteiger partial charge in [-0.25, -0.2) is 13.9 Å². The molecule has 0 aliphatic carbocycles. The Morgan fingerprint density at radius 3 is 2.71 bits per heavy atom. The molecule has 11 heteroatoms. The van der Waals surface area contributed by atoms with Gasteiger partial charge in [0.25, 0.3) is 0 Å². The fourth-order valence-electron chi connectivity index (χ4n) is 2.62. The van der Waals surface area contributed by atoms with Crippen molar-refractivity contribution in [3.8, 4) is 5.82 Å². The zero-order chi connectivity index (χ0) is 19.9. The molecule has 7 nitrogen and oxygen atoms in total. The minimum absolute atomic E-state index is 0.0191. The molecule has 3 heterocycles. The van der Waals surface area contributed by atoms with E-state index in [1.807, 2.05) is 6.07 Å². The summed E-state index contributed by atoms with van der Waals surface area (Å²) in [5, 5.41) is 9.06. The SMILES string of the molecule is Cn1ncc2ccc(NS(=O)c3cnn(-c4cc(C(F)(F)F)ccn4)c3)cc21. The molecule has 1 atom stereocenters. The molecule has 0 bridgehead atoms. The Morgan fingerprint density at radius 1 is 1.11 bits per heavy atom. The van der Waals surface area contributed by atoms with Crippen molar-refractivity contribution in [1.29, 1.82) is 0 Å². The summed E-state index contributed by atoms with van der Waals surface area (Å²) in [5.41, 5.74) is 0.642. The second-order valence-corrected chi connectivity index (χ2v) is 7.15. The van der Waals surface area contributed by atoms with Gasteiger partial charge in [0.2, 0.25) is 0 Å². The smallest absolute Gasteiger partial charge is 0.301 e. The lowest BCUT2D eigenvalue weighted by atomic mass is 10.2. The molecule has 3 aromatic heterocycles. The van der Waals surface area contributed by atoms with Crippen molar-refractivity contribution in [3.05, 3.63) is 60.7 Å². The Balaban J connectivity index is 1.56. The molecule has 0 amide bonds. The number of hydrogen-bond acceptors (Lipinski definition) is 4. The van der Waals surface area contributed by atoms with Gasteiger partial charge in [-0.1, -0.05) is 0 Å². The van der Waals surface area contributed by atoms with Gasteiger partial charge in [-0.3, -0.25) is 4.68 Å². The number of halogens is 3. The Hall–Kier alpha value is -3.21. The van der Waals surface area contributed by atoms with Crippen molar-refractivity contribution < 1.29 is 17.4 Å². The van der Waals surface area contributed by atoms with Crippen molar-refractivity contribution in [2.24, 2.45) is 7.05 Å². The molecule has 1 N–H and O–H groups in total. The molecular weight excluding hydrogens is 393 g/mol. The Labute approximate surface area is 159 Å². The van der Waals surface area contributed by atoms with Gasteiger partial charge in [0.05, 0.1) is 34.6 Å². The summed E-state index contributed by atoms with van der Waals surface area (Å²) in [6.07, 6.45) is 0.977. The fourth-order valence-corrected chi connectivity index (χ4v) is 3.42. The van der Waals surface area contributed by atoms with E-state index in [0.29, 0.717) is 10.6 Å². The van der Waals surface area contributed by atoms with Crippen LogP contribution in [0.5, 0.6) is 0 Å². The van der Waals surface area contributed by atoms with E-state index in [0.717, 1.165) is 33.9 Å². The van der Waals surface area contributed by atoms with Crippen molar-refractivity contribution in [3.63, 3.8) is 0 Å². The van der Waals surface area contributed by atoms with Crippen LogP contribution in [0.2, 0.25) is 0 Å².